The quantitative estimate of drug-likeness (QED) is 0.817. The van der Waals surface area contributed by atoms with Gasteiger partial charge in [0.15, 0.2) is 0 Å². The lowest BCUT2D eigenvalue weighted by atomic mass is 10.0. The Morgan fingerprint density at radius 3 is 2.56 bits per heavy atom. The second-order valence-corrected chi connectivity index (χ2v) is 4.75. The highest BCUT2D eigenvalue weighted by Gasteiger charge is 2.02. The number of nitrogens with zero attached hydrogens (tertiary/aromatic N) is 2. The zero-order valence-corrected chi connectivity index (χ0v) is 11.4. The van der Waals surface area contributed by atoms with Gasteiger partial charge in [0.25, 0.3) is 0 Å². The fourth-order valence-corrected chi connectivity index (χ4v) is 2.18. The van der Waals surface area contributed by atoms with Crippen LogP contribution in [0.15, 0.2) is 30.6 Å². The summed E-state index contributed by atoms with van der Waals surface area (Å²) in [6.45, 7) is 6.23. The average molecular weight is 243 g/mol. The van der Waals surface area contributed by atoms with Crippen LogP contribution in [0.2, 0.25) is 0 Å². The van der Waals surface area contributed by atoms with E-state index in [4.69, 9.17) is 0 Å². The molecule has 1 heterocycles. The summed E-state index contributed by atoms with van der Waals surface area (Å²) in [6, 6.07) is 6.45. The van der Waals surface area contributed by atoms with Crippen LogP contribution in [-0.4, -0.2) is 16.1 Å². The molecule has 0 bridgehead atoms. The monoisotopic (exact) mass is 243 g/mol. The van der Waals surface area contributed by atoms with E-state index in [-0.39, 0.29) is 0 Å². The summed E-state index contributed by atoms with van der Waals surface area (Å²) in [6.07, 6.45) is 4.80. The molecule has 3 heteroatoms. The van der Waals surface area contributed by atoms with Gasteiger partial charge in [0.2, 0.25) is 0 Å². The minimum atomic E-state index is 0.933. The molecule has 96 valence electrons. The SMILES string of the molecule is Cc1cccc(C)c1CNCCc1nccn1C. The summed E-state index contributed by atoms with van der Waals surface area (Å²) >= 11 is 0. The van der Waals surface area contributed by atoms with E-state index in [0.717, 1.165) is 25.3 Å². The Balaban J connectivity index is 1.84. The van der Waals surface area contributed by atoms with E-state index in [9.17, 15) is 0 Å². The molecular formula is C15H21N3. The maximum atomic E-state index is 4.32. The molecule has 0 atom stereocenters. The van der Waals surface area contributed by atoms with E-state index in [1.54, 1.807) is 0 Å². The molecule has 0 aliphatic rings. The highest BCUT2D eigenvalue weighted by molar-refractivity contribution is 5.33. The van der Waals surface area contributed by atoms with Crippen molar-refractivity contribution in [2.75, 3.05) is 6.54 Å². The Hall–Kier alpha value is -1.61. The zero-order valence-electron chi connectivity index (χ0n) is 11.4. The van der Waals surface area contributed by atoms with E-state index >= 15 is 0 Å². The van der Waals surface area contributed by atoms with Crippen LogP contribution in [0.5, 0.6) is 0 Å². The molecule has 0 unspecified atom stereocenters. The van der Waals surface area contributed by atoms with E-state index in [0.29, 0.717) is 0 Å². The van der Waals surface area contributed by atoms with Crippen molar-refractivity contribution < 1.29 is 0 Å². The minimum absolute atomic E-state index is 0.933. The predicted octanol–water partition coefficient (Wildman–Crippen LogP) is 2.37. The zero-order chi connectivity index (χ0) is 13.0. The summed E-state index contributed by atoms with van der Waals surface area (Å²) in [5.41, 5.74) is 4.14. The van der Waals surface area contributed by atoms with Crippen LogP contribution >= 0.6 is 0 Å². The molecule has 2 aromatic rings. The second-order valence-electron chi connectivity index (χ2n) is 4.75. The molecule has 1 N–H and O–H groups in total. The number of aryl methyl sites for hydroxylation is 3. The smallest absolute Gasteiger partial charge is 0.109 e. The Bertz CT molecular complexity index is 494. The average Bonchev–Trinajstić information content (AvgIpc) is 2.73. The highest BCUT2D eigenvalue weighted by Crippen LogP contribution is 2.12. The van der Waals surface area contributed by atoms with Crippen molar-refractivity contribution in [3.8, 4) is 0 Å². The first-order chi connectivity index (χ1) is 8.68. The first-order valence-electron chi connectivity index (χ1n) is 6.40. The molecule has 0 amide bonds. The van der Waals surface area contributed by atoms with Crippen LogP contribution < -0.4 is 5.32 Å². The lowest BCUT2D eigenvalue weighted by molar-refractivity contribution is 0.651. The maximum Gasteiger partial charge on any atom is 0.109 e. The van der Waals surface area contributed by atoms with Gasteiger partial charge < -0.3 is 9.88 Å². The third-order valence-electron chi connectivity index (χ3n) is 3.39. The van der Waals surface area contributed by atoms with Crippen molar-refractivity contribution in [3.63, 3.8) is 0 Å². The molecule has 0 radical (unpaired) electrons. The maximum absolute atomic E-state index is 4.32. The molecule has 18 heavy (non-hydrogen) atoms. The molecule has 2 rings (SSSR count). The predicted molar refractivity (Wildman–Crippen MR) is 74.5 cm³/mol. The molecule has 1 aromatic heterocycles. The number of rotatable bonds is 5. The third-order valence-corrected chi connectivity index (χ3v) is 3.39. The molecule has 0 saturated carbocycles. The molecule has 3 nitrogen and oxygen atoms in total. The van der Waals surface area contributed by atoms with Crippen molar-refractivity contribution in [1.29, 1.82) is 0 Å². The van der Waals surface area contributed by atoms with Gasteiger partial charge in [-0.1, -0.05) is 18.2 Å². The van der Waals surface area contributed by atoms with Crippen LogP contribution in [0.25, 0.3) is 0 Å². The van der Waals surface area contributed by atoms with Gasteiger partial charge in [-0.2, -0.15) is 0 Å². The number of imidazole rings is 1. The molecule has 1 aromatic carbocycles. The Morgan fingerprint density at radius 2 is 1.94 bits per heavy atom. The van der Waals surface area contributed by atoms with Crippen molar-refractivity contribution >= 4 is 0 Å². The molecule has 0 aliphatic carbocycles. The fraction of sp³-hybridized carbons (Fsp3) is 0.400. The van der Waals surface area contributed by atoms with Crippen LogP contribution in [-0.2, 0) is 20.0 Å². The van der Waals surface area contributed by atoms with Crippen LogP contribution in [0.1, 0.15) is 22.5 Å². The normalized spacial score (nSPS) is 10.8. The lowest BCUT2D eigenvalue weighted by Crippen LogP contribution is -2.19. The topological polar surface area (TPSA) is 29.9 Å². The summed E-state index contributed by atoms with van der Waals surface area (Å²) in [7, 11) is 2.04. The van der Waals surface area contributed by atoms with Crippen molar-refractivity contribution in [2.24, 2.45) is 7.05 Å². The molecule has 0 spiro atoms. The standard InChI is InChI=1S/C15H21N3/c1-12-5-4-6-13(2)14(12)11-16-8-7-15-17-9-10-18(15)3/h4-6,9-10,16H,7-8,11H2,1-3H3. The summed E-state index contributed by atoms with van der Waals surface area (Å²) in [5, 5.41) is 3.50. The first-order valence-corrected chi connectivity index (χ1v) is 6.40. The van der Waals surface area contributed by atoms with Gasteiger partial charge in [-0.25, -0.2) is 4.98 Å². The van der Waals surface area contributed by atoms with Gasteiger partial charge in [0.05, 0.1) is 0 Å². The van der Waals surface area contributed by atoms with Gasteiger partial charge in [-0.05, 0) is 30.5 Å². The first kappa shape index (κ1) is 12.8. The fourth-order valence-electron chi connectivity index (χ4n) is 2.18. The van der Waals surface area contributed by atoms with E-state index < -0.39 is 0 Å². The largest absolute Gasteiger partial charge is 0.338 e. The number of hydrogen-bond acceptors (Lipinski definition) is 2. The summed E-state index contributed by atoms with van der Waals surface area (Å²) < 4.78 is 2.07. The van der Waals surface area contributed by atoms with Crippen LogP contribution in [0, 0.1) is 13.8 Å². The van der Waals surface area contributed by atoms with Gasteiger partial charge in [0, 0.05) is 39.0 Å². The van der Waals surface area contributed by atoms with Crippen molar-refractivity contribution in [3.05, 3.63) is 53.1 Å². The molecule has 0 saturated heterocycles. The number of hydrogen-bond donors (Lipinski definition) is 1. The Labute approximate surface area is 109 Å². The Kier molecular flexibility index (Phi) is 4.15. The van der Waals surface area contributed by atoms with Crippen LogP contribution in [0.3, 0.4) is 0 Å². The van der Waals surface area contributed by atoms with Gasteiger partial charge in [-0.15, -0.1) is 0 Å². The van der Waals surface area contributed by atoms with Crippen molar-refractivity contribution in [2.45, 2.75) is 26.8 Å². The van der Waals surface area contributed by atoms with Gasteiger partial charge in [-0.3, -0.25) is 0 Å². The lowest BCUT2D eigenvalue weighted by Gasteiger charge is -2.10. The summed E-state index contributed by atoms with van der Waals surface area (Å²) in [5.74, 6) is 1.13. The number of benzene rings is 1. The molecule has 0 aliphatic heterocycles. The number of nitrogens with one attached hydrogen (secondary N) is 1. The Morgan fingerprint density at radius 1 is 1.22 bits per heavy atom. The van der Waals surface area contributed by atoms with E-state index in [2.05, 4.69) is 46.9 Å². The van der Waals surface area contributed by atoms with Gasteiger partial charge in [0.1, 0.15) is 5.82 Å². The second kappa shape index (κ2) is 5.83. The van der Waals surface area contributed by atoms with E-state index in [1.807, 2.05) is 19.4 Å². The van der Waals surface area contributed by atoms with Gasteiger partial charge >= 0.3 is 0 Å². The van der Waals surface area contributed by atoms with Crippen LogP contribution in [0.4, 0.5) is 0 Å². The minimum Gasteiger partial charge on any atom is -0.338 e. The highest BCUT2D eigenvalue weighted by atomic mass is 15.0. The molecular weight excluding hydrogens is 222 g/mol. The van der Waals surface area contributed by atoms with E-state index in [1.165, 1.54) is 16.7 Å². The number of aromatic nitrogens is 2. The molecule has 0 fully saturated rings. The third kappa shape index (κ3) is 2.99. The summed E-state index contributed by atoms with van der Waals surface area (Å²) in [4.78, 5) is 4.32. The van der Waals surface area contributed by atoms with Crippen molar-refractivity contribution in [1.82, 2.24) is 14.9 Å².